The van der Waals surface area contributed by atoms with Crippen molar-refractivity contribution < 1.29 is 18.3 Å². The lowest BCUT2D eigenvalue weighted by atomic mass is 10.1. The van der Waals surface area contributed by atoms with Gasteiger partial charge >= 0.3 is 5.97 Å². The van der Waals surface area contributed by atoms with Crippen molar-refractivity contribution in [2.24, 2.45) is 0 Å². The maximum Gasteiger partial charge on any atom is 0.327 e. The second-order valence-electron chi connectivity index (χ2n) is 4.00. The van der Waals surface area contributed by atoms with E-state index in [1.54, 1.807) is 18.2 Å². The van der Waals surface area contributed by atoms with Crippen LogP contribution in [0, 0.1) is 0 Å². The predicted octanol–water partition coefficient (Wildman–Crippen LogP) is 0.901. The molecule has 0 fully saturated rings. The number of benzene rings is 1. The average molecular weight is 255 g/mol. The quantitative estimate of drug-likeness (QED) is 0.820. The fourth-order valence-electron chi connectivity index (χ4n) is 1.83. The zero-order chi connectivity index (χ0) is 12.6. The normalized spacial score (nSPS) is 21.4. The summed E-state index contributed by atoms with van der Waals surface area (Å²) in [7, 11) is -3.51. The largest absolute Gasteiger partial charge is 0.480 e. The van der Waals surface area contributed by atoms with Crippen LogP contribution < -0.4 is 5.32 Å². The van der Waals surface area contributed by atoms with Crippen molar-refractivity contribution in [3.8, 4) is 0 Å². The first-order valence-corrected chi connectivity index (χ1v) is 6.94. The van der Waals surface area contributed by atoms with E-state index in [-0.39, 0.29) is 4.90 Å². The number of sulfone groups is 1. The molecule has 2 N–H and O–H groups in total. The highest BCUT2D eigenvalue weighted by molar-refractivity contribution is 7.91. The van der Waals surface area contributed by atoms with Crippen LogP contribution in [0.1, 0.15) is 12.5 Å². The second-order valence-corrected chi connectivity index (χ2v) is 6.00. The van der Waals surface area contributed by atoms with E-state index in [2.05, 4.69) is 5.32 Å². The minimum Gasteiger partial charge on any atom is -0.480 e. The van der Waals surface area contributed by atoms with Gasteiger partial charge in [0.05, 0.1) is 16.3 Å². The smallest absolute Gasteiger partial charge is 0.327 e. The number of hydrogen-bond donors (Lipinski definition) is 2. The molecule has 92 valence electrons. The lowest BCUT2D eigenvalue weighted by molar-refractivity contribution is -0.137. The van der Waals surface area contributed by atoms with E-state index >= 15 is 0 Å². The van der Waals surface area contributed by atoms with E-state index in [0.29, 0.717) is 5.69 Å². The molecule has 2 rings (SSSR count). The lowest BCUT2D eigenvalue weighted by Gasteiger charge is -2.24. The Morgan fingerprint density at radius 3 is 2.82 bits per heavy atom. The molecule has 17 heavy (non-hydrogen) atoms. The van der Waals surface area contributed by atoms with Gasteiger partial charge in [-0.3, -0.25) is 0 Å². The van der Waals surface area contributed by atoms with E-state index in [1.807, 2.05) is 6.92 Å². The van der Waals surface area contributed by atoms with Crippen LogP contribution >= 0.6 is 0 Å². The molecule has 1 aliphatic heterocycles. The van der Waals surface area contributed by atoms with Crippen molar-refractivity contribution in [3.05, 3.63) is 23.8 Å². The predicted molar refractivity (Wildman–Crippen MR) is 62.9 cm³/mol. The molecule has 0 aliphatic carbocycles. The van der Waals surface area contributed by atoms with Crippen LogP contribution in [0.2, 0.25) is 0 Å². The van der Waals surface area contributed by atoms with Crippen molar-refractivity contribution in [2.45, 2.75) is 24.3 Å². The molecular formula is C11H13NO4S. The Morgan fingerprint density at radius 1 is 1.53 bits per heavy atom. The monoisotopic (exact) mass is 255 g/mol. The Bertz CT molecular complexity index is 565. The highest BCUT2D eigenvalue weighted by Gasteiger charge is 2.33. The Hall–Kier alpha value is -1.56. The van der Waals surface area contributed by atoms with E-state index in [9.17, 15) is 13.2 Å². The molecule has 0 saturated carbocycles. The topological polar surface area (TPSA) is 83.5 Å². The fourth-order valence-corrected chi connectivity index (χ4v) is 3.47. The molecule has 0 radical (unpaired) electrons. The zero-order valence-corrected chi connectivity index (χ0v) is 10.1. The van der Waals surface area contributed by atoms with Crippen molar-refractivity contribution in [1.82, 2.24) is 0 Å². The number of rotatable bonds is 2. The third-order valence-corrected chi connectivity index (χ3v) is 4.58. The first kappa shape index (κ1) is 11.9. The van der Waals surface area contributed by atoms with Gasteiger partial charge in [0.1, 0.15) is 6.04 Å². The van der Waals surface area contributed by atoms with Crippen LogP contribution in [-0.4, -0.2) is 31.3 Å². The van der Waals surface area contributed by atoms with E-state index in [1.165, 1.54) is 0 Å². The third kappa shape index (κ3) is 2.12. The summed E-state index contributed by atoms with van der Waals surface area (Å²) in [5.74, 6) is -1.55. The SMILES string of the molecule is CCc1ccc2c(c1)S(=O)(=O)CC(C(=O)O)N2. The summed E-state index contributed by atoms with van der Waals surface area (Å²) in [5.41, 5.74) is 1.30. The van der Waals surface area contributed by atoms with Gasteiger partial charge in [-0.25, -0.2) is 13.2 Å². The van der Waals surface area contributed by atoms with Gasteiger partial charge in [-0.15, -0.1) is 0 Å². The standard InChI is InChI=1S/C11H13NO4S/c1-2-7-3-4-8-10(5-7)17(15,16)6-9(12-8)11(13)14/h3-5,9,12H,2,6H2,1H3,(H,13,14). The number of aryl methyl sites for hydroxylation is 1. The molecule has 5 nitrogen and oxygen atoms in total. The van der Waals surface area contributed by atoms with Crippen molar-refractivity contribution in [1.29, 1.82) is 0 Å². The van der Waals surface area contributed by atoms with Gasteiger partial charge in [-0.05, 0) is 24.1 Å². The van der Waals surface area contributed by atoms with Gasteiger partial charge in [0.2, 0.25) is 0 Å². The first-order valence-electron chi connectivity index (χ1n) is 5.29. The van der Waals surface area contributed by atoms with Crippen LogP contribution in [-0.2, 0) is 21.1 Å². The highest BCUT2D eigenvalue weighted by Crippen LogP contribution is 2.29. The molecule has 1 aliphatic rings. The van der Waals surface area contributed by atoms with Crippen molar-refractivity contribution in [2.75, 3.05) is 11.1 Å². The Morgan fingerprint density at radius 2 is 2.24 bits per heavy atom. The van der Waals surface area contributed by atoms with Gasteiger partial charge in [0.15, 0.2) is 9.84 Å². The molecule has 1 heterocycles. The van der Waals surface area contributed by atoms with Crippen LogP contribution in [0.4, 0.5) is 5.69 Å². The van der Waals surface area contributed by atoms with Crippen LogP contribution in [0.3, 0.4) is 0 Å². The van der Waals surface area contributed by atoms with Gasteiger partial charge in [-0.2, -0.15) is 0 Å². The summed E-state index contributed by atoms with van der Waals surface area (Å²) in [6.45, 7) is 1.94. The molecule has 0 amide bonds. The van der Waals surface area contributed by atoms with E-state index < -0.39 is 27.6 Å². The molecule has 1 unspecified atom stereocenters. The average Bonchev–Trinajstić information content (AvgIpc) is 2.27. The highest BCUT2D eigenvalue weighted by atomic mass is 32.2. The van der Waals surface area contributed by atoms with Crippen LogP contribution in [0.15, 0.2) is 23.1 Å². The lowest BCUT2D eigenvalue weighted by Crippen LogP contribution is -2.40. The Kier molecular flexibility index (Phi) is 2.82. The summed E-state index contributed by atoms with van der Waals surface area (Å²) in [6.07, 6.45) is 0.741. The van der Waals surface area contributed by atoms with E-state index in [4.69, 9.17) is 5.11 Å². The molecule has 0 spiro atoms. The number of nitrogens with one attached hydrogen (secondary N) is 1. The Labute approximate surface area is 99.4 Å². The van der Waals surface area contributed by atoms with Crippen LogP contribution in [0.5, 0.6) is 0 Å². The molecule has 0 saturated heterocycles. The van der Waals surface area contributed by atoms with Crippen molar-refractivity contribution in [3.63, 3.8) is 0 Å². The van der Waals surface area contributed by atoms with Gasteiger partial charge < -0.3 is 10.4 Å². The number of carboxylic acids is 1. The minimum absolute atomic E-state index is 0.203. The number of carboxylic acid groups (broad SMARTS) is 1. The number of carbonyl (C=O) groups is 1. The molecule has 1 aromatic rings. The van der Waals surface area contributed by atoms with Gasteiger partial charge in [0, 0.05) is 0 Å². The maximum absolute atomic E-state index is 12.0. The summed E-state index contributed by atoms with van der Waals surface area (Å²) < 4.78 is 23.9. The summed E-state index contributed by atoms with van der Waals surface area (Å²) in [4.78, 5) is 11.1. The number of anilines is 1. The molecular weight excluding hydrogens is 242 g/mol. The number of hydrogen-bond acceptors (Lipinski definition) is 4. The minimum atomic E-state index is -3.51. The first-order chi connectivity index (χ1) is 7.94. The summed E-state index contributed by atoms with van der Waals surface area (Å²) >= 11 is 0. The summed E-state index contributed by atoms with van der Waals surface area (Å²) in [6, 6.07) is 3.96. The zero-order valence-electron chi connectivity index (χ0n) is 9.30. The second kappa shape index (κ2) is 4.03. The molecule has 0 aromatic heterocycles. The van der Waals surface area contributed by atoms with Gasteiger partial charge in [0.25, 0.3) is 0 Å². The fraction of sp³-hybridized carbons (Fsp3) is 0.364. The molecule has 0 bridgehead atoms. The molecule has 6 heteroatoms. The molecule has 1 atom stereocenters. The number of fused-ring (bicyclic) bond motifs is 1. The van der Waals surface area contributed by atoms with Crippen LogP contribution in [0.25, 0.3) is 0 Å². The van der Waals surface area contributed by atoms with E-state index in [0.717, 1.165) is 12.0 Å². The van der Waals surface area contributed by atoms with Crippen molar-refractivity contribution >= 4 is 21.5 Å². The number of aliphatic carboxylic acids is 1. The Balaban J connectivity index is 2.53. The maximum atomic E-state index is 12.0. The third-order valence-electron chi connectivity index (χ3n) is 2.80. The van der Waals surface area contributed by atoms with Gasteiger partial charge in [-0.1, -0.05) is 13.0 Å². The molecule has 1 aromatic carbocycles. The summed E-state index contributed by atoms with van der Waals surface area (Å²) in [5, 5.41) is 11.6.